The Morgan fingerprint density at radius 3 is 2.50 bits per heavy atom. The first kappa shape index (κ1) is 15.1. The quantitative estimate of drug-likeness (QED) is 0.808. The fourth-order valence-electron chi connectivity index (χ4n) is 2.07. The van der Waals surface area contributed by atoms with Gasteiger partial charge >= 0.3 is 0 Å². The minimum absolute atomic E-state index is 0.0149. The van der Waals surface area contributed by atoms with Gasteiger partial charge in [0.2, 0.25) is 10.0 Å². The maximum Gasteiger partial charge on any atom is 0.247 e. The molecule has 1 aromatic rings. The van der Waals surface area contributed by atoms with Crippen LogP contribution in [0.4, 0.5) is 0 Å². The van der Waals surface area contributed by atoms with Crippen LogP contribution < -0.4 is 9.47 Å². The zero-order chi connectivity index (χ0) is 14.8. The summed E-state index contributed by atoms with van der Waals surface area (Å²) in [4.78, 5) is 0.0983. The molecule has 0 unspecified atom stereocenters. The monoisotopic (exact) mass is 301 g/mol. The van der Waals surface area contributed by atoms with Gasteiger partial charge in [-0.3, -0.25) is 0 Å². The molecule has 0 atom stereocenters. The first-order valence-electron chi connectivity index (χ1n) is 6.39. The number of nitrogens with zero attached hydrogens (tertiary/aromatic N) is 1. The van der Waals surface area contributed by atoms with Gasteiger partial charge in [0.15, 0.2) is 0 Å². The molecule has 1 fully saturated rings. The SMILES string of the molecule is COc1ccc(S(=O)(=O)N(CCO)C2CC2)c(OC)c1. The number of sulfonamides is 1. The van der Waals surface area contributed by atoms with Crippen LogP contribution in [0.3, 0.4) is 0 Å². The molecular formula is C13H19NO5S. The van der Waals surface area contributed by atoms with E-state index in [1.165, 1.54) is 30.7 Å². The van der Waals surface area contributed by atoms with E-state index in [-0.39, 0.29) is 29.8 Å². The molecule has 1 aliphatic carbocycles. The van der Waals surface area contributed by atoms with Crippen LogP contribution >= 0.6 is 0 Å². The molecule has 0 saturated heterocycles. The van der Waals surface area contributed by atoms with Crippen molar-refractivity contribution in [1.82, 2.24) is 4.31 Å². The molecule has 0 amide bonds. The summed E-state index contributed by atoms with van der Waals surface area (Å²) in [5.41, 5.74) is 0. The van der Waals surface area contributed by atoms with Gasteiger partial charge in [0.1, 0.15) is 16.4 Å². The molecular weight excluding hydrogens is 282 g/mol. The van der Waals surface area contributed by atoms with Gasteiger partial charge in [0.05, 0.1) is 20.8 Å². The van der Waals surface area contributed by atoms with E-state index < -0.39 is 10.0 Å². The largest absolute Gasteiger partial charge is 0.497 e. The highest BCUT2D eigenvalue weighted by Crippen LogP contribution is 2.36. The molecule has 6 nitrogen and oxygen atoms in total. The van der Waals surface area contributed by atoms with Gasteiger partial charge in [-0.2, -0.15) is 4.31 Å². The average Bonchev–Trinajstić information content (AvgIpc) is 3.28. The molecule has 0 radical (unpaired) electrons. The zero-order valence-corrected chi connectivity index (χ0v) is 12.4. The lowest BCUT2D eigenvalue weighted by atomic mass is 10.3. The Kier molecular flexibility index (Phi) is 4.52. The molecule has 2 rings (SSSR count). The van der Waals surface area contributed by atoms with Crippen molar-refractivity contribution < 1.29 is 23.0 Å². The average molecular weight is 301 g/mol. The molecule has 1 saturated carbocycles. The summed E-state index contributed by atoms with van der Waals surface area (Å²) in [7, 11) is -0.752. The molecule has 1 aromatic carbocycles. The van der Waals surface area contributed by atoms with Gasteiger partial charge in [-0.25, -0.2) is 8.42 Å². The number of rotatable bonds is 7. The summed E-state index contributed by atoms with van der Waals surface area (Å²) in [6, 6.07) is 4.58. The van der Waals surface area contributed by atoms with Crippen molar-refractivity contribution in [1.29, 1.82) is 0 Å². The predicted molar refractivity (Wildman–Crippen MR) is 73.5 cm³/mol. The van der Waals surface area contributed by atoms with Crippen molar-refractivity contribution in [3.8, 4) is 11.5 Å². The fourth-order valence-corrected chi connectivity index (χ4v) is 3.89. The smallest absolute Gasteiger partial charge is 0.247 e. The van der Waals surface area contributed by atoms with E-state index in [9.17, 15) is 8.42 Å². The Labute approximate surface area is 119 Å². The topological polar surface area (TPSA) is 76.1 Å². The second-order valence-electron chi connectivity index (χ2n) is 4.59. The maximum atomic E-state index is 12.7. The molecule has 1 aliphatic rings. The lowest BCUT2D eigenvalue weighted by molar-refractivity contribution is 0.250. The van der Waals surface area contributed by atoms with Crippen LogP contribution in [0, 0.1) is 0 Å². The van der Waals surface area contributed by atoms with Crippen LogP contribution in [0.2, 0.25) is 0 Å². The number of hydrogen-bond donors (Lipinski definition) is 1. The van der Waals surface area contributed by atoms with Gasteiger partial charge in [0, 0.05) is 18.7 Å². The molecule has 0 heterocycles. The van der Waals surface area contributed by atoms with E-state index in [1.54, 1.807) is 6.07 Å². The van der Waals surface area contributed by atoms with Crippen LogP contribution in [0.15, 0.2) is 23.1 Å². The van der Waals surface area contributed by atoms with Gasteiger partial charge in [-0.1, -0.05) is 0 Å². The third-order valence-electron chi connectivity index (χ3n) is 3.23. The highest BCUT2D eigenvalue weighted by molar-refractivity contribution is 7.89. The number of benzene rings is 1. The molecule has 0 spiro atoms. The van der Waals surface area contributed by atoms with Crippen LogP contribution in [0.25, 0.3) is 0 Å². The van der Waals surface area contributed by atoms with Gasteiger partial charge < -0.3 is 14.6 Å². The molecule has 112 valence electrons. The van der Waals surface area contributed by atoms with Crippen LogP contribution in [0.5, 0.6) is 11.5 Å². The standard InChI is InChI=1S/C13H19NO5S/c1-18-11-5-6-13(12(9-11)19-2)20(16,17)14(7-8-15)10-3-4-10/h5-6,9-10,15H,3-4,7-8H2,1-2H3. The second-order valence-corrected chi connectivity index (χ2v) is 6.45. The number of methoxy groups -OCH3 is 2. The maximum absolute atomic E-state index is 12.7. The number of ether oxygens (including phenoxy) is 2. The molecule has 7 heteroatoms. The van der Waals surface area contributed by atoms with Gasteiger partial charge in [-0.05, 0) is 25.0 Å². The third kappa shape index (κ3) is 2.89. The zero-order valence-electron chi connectivity index (χ0n) is 11.6. The van der Waals surface area contributed by atoms with Crippen molar-refractivity contribution >= 4 is 10.0 Å². The van der Waals surface area contributed by atoms with Crippen molar-refractivity contribution in [2.75, 3.05) is 27.4 Å². The van der Waals surface area contributed by atoms with Crippen LogP contribution in [-0.4, -0.2) is 51.2 Å². The minimum Gasteiger partial charge on any atom is -0.497 e. The summed E-state index contributed by atoms with van der Waals surface area (Å²) in [6.07, 6.45) is 1.66. The molecule has 0 bridgehead atoms. The van der Waals surface area contributed by atoms with E-state index in [0.29, 0.717) is 5.75 Å². The number of hydrogen-bond acceptors (Lipinski definition) is 5. The normalized spacial score (nSPS) is 15.4. The summed E-state index contributed by atoms with van der Waals surface area (Å²) in [6.45, 7) is -0.101. The van der Waals surface area contributed by atoms with Crippen LogP contribution in [0.1, 0.15) is 12.8 Å². The second kappa shape index (κ2) is 5.99. The van der Waals surface area contributed by atoms with Crippen molar-refractivity contribution in [2.24, 2.45) is 0 Å². The van der Waals surface area contributed by atoms with E-state index in [1.807, 2.05) is 0 Å². The lowest BCUT2D eigenvalue weighted by Crippen LogP contribution is -2.35. The summed E-state index contributed by atoms with van der Waals surface area (Å²) >= 11 is 0. The van der Waals surface area contributed by atoms with Crippen molar-refractivity contribution in [2.45, 2.75) is 23.8 Å². The fraction of sp³-hybridized carbons (Fsp3) is 0.538. The highest BCUT2D eigenvalue weighted by atomic mass is 32.2. The lowest BCUT2D eigenvalue weighted by Gasteiger charge is -2.22. The Hall–Kier alpha value is -1.31. The molecule has 0 aromatic heterocycles. The van der Waals surface area contributed by atoms with Gasteiger partial charge in [0.25, 0.3) is 0 Å². The first-order chi connectivity index (χ1) is 9.54. The Morgan fingerprint density at radius 1 is 1.30 bits per heavy atom. The van der Waals surface area contributed by atoms with E-state index >= 15 is 0 Å². The Morgan fingerprint density at radius 2 is 2.00 bits per heavy atom. The van der Waals surface area contributed by atoms with E-state index in [0.717, 1.165) is 12.8 Å². The summed E-state index contributed by atoms with van der Waals surface area (Å²) in [5, 5.41) is 9.07. The molecule has 1 N–H and O–H groups in total. The van der Waals surface area contributed by atoms with Crippen molar-refractivity contribution in [3.63, 3.8) is 0 Å². The highest BCUT2D eigenvalue weighted by Gasteiger charge is 2.38. The van der Waals surface area contributed by atoms with E-state index in [4.69, 9.17) is 14.6 Å². The molecule has 0 aliphatic heterocycles. The first-order valence-corrected chi connectivity index (χ1v) is 7.83. The minimum atomic E-state index is -3.67. The van der Waals surface area contributed by atoms with E-state index in [2.05, 4.69) is 0 Å². The Bertz CT molecular complexity index is 568. The summed E-state index contributed by atoms with van der Waals surface area (Å²) in [5.74, 6) is 0.772. The number of aliphatic hydroxyl groups excluding tert-OH is 1. The van der Waals surface area contributed by atoms with Crippen molar-refractivity contribution in [3.05, 3.63) is 18.2 Å². The van der Waals surface area contributed by atoms with Gasteiger partial charge in [-0.15, -0.1) is 0 Å². The molecule has 20 heavy (non-hydrogen) atoms. The predicted octanol–water partition coefficient (Wildman–Crippen LogP) is 0.849. The Balaban J connectivity index is 2.41. The van der Waals surface area contributed by atoms with Crippen LogP contribution in [-0.2, 0) is 10.0 Å². The third-order valence-corrected chi connectivity index (χ3v) is 5.22. The number of aliphatic hydroxyl groups is 1. The summed E-state index contributed by atoms with van der Waals surface area (Å²) < 4.78 is 36.9.